The first-order chi connectivity index (χ1) is 9.79. The Morgan fingerprint density at radius 3 is 2.45 bits per heavy atom. The molecule has 0 atom stereocenters. The largest absolute Gasteiger partial charge is 0.355 e. The Labute approximate surface area is 123 Å². The Hall–Kier alpha value is -1.31. The number of amides is 1. The second-order valence-electron chi connectivity index (χ2n) is 5.97. The molecule has 0 aliphatic heterocycles. The lowest BCUT2D eigenvalue weighted by molar-refractivity contribution is -0.128. The van der Waals surface area contributed by atoms with E-state index in [9.17, 15) is 4.79 Å². The molecule has 1 amide bonds. The van der Waals surface area contributed by atoms with E-state index in [1.807, 2.05) is 6.07 Å². The molecule has 1 fully saturated rings. The van der Waals surface area contributed by atoms with Crippen LogP contribution >= 0.6 is 0 Å². The Morgan fingerprint density at radius 2 is 1.80 bits per heavy atom. The van der Waals surface area contributed by atoms with E-state index in [0.29, 0.717) is 0 Å². The smallest absolute Gasteiger partial charge is 0.230 e. The lowest BCUT2D eigenvalue weighted by Crippen LogP contribution is -2.46. The monoisotopic (exact) mass is 273 g/mol. The van der Waals surface area contributed by atoms with E-state index in [4.69, 9.17) is 0 Å². The molecule has 0 radical (unpaired) electrons. The summed E-state index contributed by atoms with van der Waals surface area (Å²) in [7, 11) is 0. The van der Waals surface area contributed by atoms with Crippen molar-refractivity contribution in [3.8, 4) is 0 Å². The number of hydrogen-bond acceptors (Lipinski definition) is 1. The van der Waals surface area contributed by atoms with E-state index >= 15 is 0 Å². The van der Waals surface area contributed by atoms with Gasteiger partial charge in [0.2, 0.25) is 5.91 Å². The molecule has 0 bridgehead atoms. The summed E-state index contributed by atoms with van der Waals surface area (Å²) in [5, 5.41) is 3.19. The summed E-state index contributed by atoms with van der Waals surface area (Å²) in [4.78, 5) is 12.8. The summed E-state index contributed by atoms with van der Waals surface area (Å²) in [6.07, 6.45) is 9.06. The maximum atomic E-state index is 12.8. The minimum Gasteiger partial charge on any atom is -0.355 e. The van der Waals surface area contributed by atoms with E-state index in [0.717, 1.165) is 38.6 Å². The highest BCUT2D eigenvalue weighted by Crippen LogP contribution is 2.39. The molecule has 110 valence electrons. The molecule has 2 nitrogen and oxygen atoms in total. The minimum atomic E-state index is -0.272. The fourth-order valence-corrected chi connectivity index (χ4v) is 3.31. The van der Waals surface area contributed by atoms with Gasteiger partial charge in [0.25, 0.3) is 0 Å². The van der Waals surface area contributed by atoms with E-state index in [-0.39, 0.29) is 11.3 Å². The predicted octanol–water partition coefficient (Wildman–Crippen LogP) is 4.19. The number of benzene rings is 1. The van der Waals surface area contributed by atoms with Crippen LogP contribution < -0.4 is 5.32 Å². The first-order valence-corrected chi connectivity index (χ1v) is 8.13. The molecule has 0 heterocycles. The zero-order valence-corrected chi connectivity index (χ0v) is 12.7. The van der Waals surface area contributed by atoms with Crippen LogP contribution in [0.1, 0.15) is 63.9 Å². The lowest BCUT2D eigenvalue weighted by Gasteiger charge is -2.36. The highest BCUT2D eigenvalue weighted by Gasteiger charge is 2.40. The summed E-state index contributed by atoms with van der Waals surface area (Å²) >= 11 is 0. The van der Waals surface area contributed by atoms with Crippen molar-refractivity contribution in [2.75, 3.05) is 6.54 Å². The van der Waals surface area contributed by atoms with Gasteiger partial charge in [0.05, 0.1) is 5.41 Å². The summed E-state index contributed by atoms with van der Waals surface area (Å²) in [6, 6.07) is 10.4. The van der Waals surface area contributed by atoms with Crippen LogP contribution in [0.3, 0.4) is 0 Å². The molecule has 1 aromatic rings. The van der Waals surface area contributed by atoms with Crippen molar-refractivity contribution in [3.63, 3.8) is 0 Å². The van der Waals surface area contributed by atoms with Gasteiger partial charge in [-0.05, 0) is 24.8 Å². The van der Waals surface area contributed by atoms with Crippen LogP contribution in [0.5, 0.6) is 0 Å². The highest BCUT2D eigenvalue weighted by atomic mass is 16.2. The van der Waals surface area contributed by atoms with Crippen molar-refractivity contribution in [3.05, 3.63) is 35.9 Å². The van der Waals surface area contributed by atoms with Crippen LogP contribution in [0.4, 0.5) is 0 Å². The Kier molecular flexibility index (Phi) is 5.63. The molecular formula is C18H27NO. The van der Waals surface area contributed by atoms with Crippen molar-refractivity contribution in [1.29, 1.82) is 0 Å². The van der Waals surface area contributed by atoms with Gasteiger partial charge in [0, 0.05) is 6.54 Å². The molecule has 20 heavy (non-hydrogen) atoms. The summed E-state index contributed by atoms with van der Waals surface area (Å²) in [5.74, 6) is 0.250. The van der Waals surface area contributed by atoms with Gasteiger partial charge in [0.15, 0.2) is 0 Å². The van der Waals surface area contributed by atoms with Crippen molar-refractivity contribution < 1.29 is 4.79 Å². The Bertz CT molecular complexity index is 407. The van der Waals surface area contributed by atoms with Crippen molar-refractivity contribution in [2.24, 2.45) is 0 Å². The Morgan fingerprint density at radius 1 is 1.10 bits per heavy atom. The Balaban J connectivity index is 2.09. The van der Waals surface area contributed by atoms with Gasteiger partial charge in [-0.25, -0.2) is 0 Å². The zero-order chi connectivity index (χ0) is 14.3. The fraction of sp³-hybridized carbons (Fsp3) is 0.611. The summed E-state index contributed by atoms with van der Waals surface area (Å²) in [6.45, 7) is 3.01. The van der Waals surface area contributed by atoms with Gasteiger partial charge in [-0.1, -0.05) is 69.4 Å². The molecule has 1 aromatic carbocycles. The fourth-order valence-electron chi connectivity index (χ4n) is 3.31. The number of hydrogen-bond donors (Lipinski definition) is 1. The molecule has 0 spiro atoms. The van der Waals surface area contributed by atoms with Gasteiger partial charge in [-0.2, -0.15) is 0 Å². The number of carbonyl (C=O) groups is 1. The molecule has 1 aliphatic rings. The van der Waals surface area contributed by atoms with Crippen LogP contribution in [-0.4, -0.2) is 12.5 Å². The van der Waals surface area contributed by atoms with Crippen LogP contribution in [-0.2, 0) is 10.2 Å². The maximum absolute atomic E-state index is 12.8. The van der Waals surface area contributed by atoms with E-state index < -0.39 is 0 Å². The topological polar surface area (TPSA) is 29.1 Å². The number of carbonyl (C=O) groups excluding carboxylic acids is 1. The lowest BCUT2D eigenvalue weighted by atomic mass is 9.68. The summed E-state index contributed by atoms with van der Waals surface area (Å²) in [5.41, 5.74) is 0.929. The molecule has 0 aromatic heterocycles. The second-order valence-corrected chi connectivity index (χ2v) is 5.97. The third-order valence-corrected chi connectivity index (χ3v) is 4.53. The number of nitrogens with one attached hydrogen (secondary N) is 1. The molecule has 2 rings (SSSR count). The first kappa shape index (κ1) is 15.1. The van der Waals surface area contributed by atoms with Gasteiger partial charge in [-0.3, -0.25) is 4.79 Å². The standard InChI is InChI=1S/C18H27NO/c1-2-3-10-15-19-17(20)18(13-8-5-9-14-18)16-11-6-4-7-12-16/h4,6-7,11-12H,2-3,5,8-10,13-15H2,1H3,(H,19,20). The van der Waals surface area contributed by atoms with Gasteiger partial charge < -0.3 is 5.32 Å². The average molecular weight is 273 g/mol. The van der Waals surface area contributed by atoms with E-state index in [2.05, 4.69) is 36.5 Å². The van der Waals surface area contributed by atoms with Gasteiger partial charge in [-0.15, -0.1) is 0 Å². The van der Waals surface area contributed by atoms with Crippen molar-refractivity contribution in [2.45, 2.75) is 63.7 Å². The quantitative estimate of drug-likeness (QED) is 0.773. The normalized spacial score (nSPS) is 17.6. The molecule has 0 unspecified atom stereocenters. The van der Waals surface area contributed by atoms with Crippen molar-refractivity contribution in [1.82, 2.24) is 5.32 Å². The van der Waals surface area contributed by atoms with Gasteiger partial charge in [0.1, 0.15) is 0 Å². The van der Waals surface area contributed by atoms with E-state index in [1.54, 1.807) is 0 Å². The molecule has 2 heteroatoms. The van der Waals surface area contributed by atoms with Crippen LogP contribution in [0.15, 0.2) is 30.3 Å². The summed E-state index contributed by atoms with van der Waals surface area (Å²) < 4.78 is 0. The van der Waals surface area contributed by atoms with Crippen LogP contribution in [0.25, 0.3) is 0 Å². The van der Waals surface area contributed by atoms with Crippen LogP contribution in [0.2, 0.25) is 0 Å². The van der Waals surface area contributed by atoms with Gasteiger partial charge >= 0.3 is 0 Å². The molecular weight excluding hydrogens is 246 g/mol. The van der Waals surface area contributed by atoms with Crippen molar-refractivity contribution >= 4 is 5.91 Å². The first-order valence-electron chi connectivity index (χ1n) is 8.13. The average Bonchev–Trinajstić information content (AvgIpc) is 2.53. The molecule has 1 aliphatic carbocycles. The predicted molar refractivity (Wildman–Crippen MR) is 83.7 cm³/mol. The highest BCUT2D eigenvalue weighted by molar-refractivity contribution is 5.88. The molecule has 1 N–H and O–H groups in total. The molecule has 1 saturated carbocycles. The number of rotatable bonds is 6. The molecule has 0 saturated heterocycles. The number of unbranched alkanes of at least 4 members (excludes halogenated alkanes) is 2. The second kappa shape index (κ2) is 7.47. The maximum Gasteiger partial charge on any atom is 0.230 e. The SMILES string of the molecule is CCCCCNC(=O)C1(c2ccccc2)CCCCC1. The minimum absolute atomic E-state index is 0.250. The van der Waals surface area contributed by atoms with E-state index in [1.165, 1.54) is 24.8 Å². The van der Waals surface area contributed by atoms with Crippen LogP contribution in [0, 0.1) is 0 Å². The zero-order valence-electron chi connectivity index (χ0n) is 12.7. The third kappa shape index (κ3) is 3.41. The third-order valence-electron chi connectivity index (χ3n) is 4.53.